The van der Waals surface area contributed by atoms with Crippen LogP contribution in [-0.2, 0) is 22.5 Å². The summed E-state index contributed by atoms with van der Waals surface area (Å²) in [5, 5.41) is 3.50. The number of hydrogen-bond acceptors (Lipinski definition) is 5. The van der Waals surface area contributed by atoms with Gasteiger partial charge in [-0.25, -0.2) is 4.79 Å². The number of hydrogen-bond donors (Lipinski definition) is 1. The van der Waals surface area contributed by atoms with Crippen molar-refractivity contribution in [2.75, 3.05) is 20.8 Å². The molecule has 2 rings (SSSR count). The summed E-state index contributed by atoms with van der Waals surface area (Å²) in [5.74, 6) is 1.20. The van der Waals surface area contributed by atoms with E-state index in [-0.39, 0.29) is 12.0 Å². The molecule has 0 saturated carbocycles. The smallest absolute Gasteiger partial charge is 0.330 e. The first-order chi connectivity index (χ1) is 13.7. The van der Waals surface area contributed by atoms with Crippen molar-refractivity contribution in [2.45, 2.75) is 32.4 Å². The van der Waals surface area contributed by atoms with E-state index in [0.29, 0.717) is 13.2 Å². The molecule has 5 heteroatoms. The van der Waals surface area contributed by atoms with Gasteiger partial charge in [0.05, 0.1) is 20.8 Å². The van der Waals surface area contributed by atoms with Crippen molar-refractivity contribution in [3.05, 3.63) is 71.8 Å². The lowest BCUT2D eigenvalue weighted by Gasteiger charge is -2.17. The van der Waals surface area contributed by atoms with E-state index >= 15 is 0 Å². The van der Waals surface area contributed by atoms with Gasteiger partial charge in [-0.1, -0.05) is 42.5 Å². The molecule has 2 aromatic rings. The fourth-order valence-corrected chi connectivity index (χ4v) is 2.86. The average Bonchev–Trinajstić information content (AvgIpc) is 2.74. The zero-order chi connectivity index (χ0) is 20.2. The molecule has 0 amide bonds. The third-order valence-electron chi connectivity index (χ3n) is 4.39. The van der Waals surface area contributed by atoms with Crippen LogP contribution < -0.4 is 14.8 Å². The maximum atomic E-state index is 11.7. The number of ether oxygens (including phenoxy) is 3. The predicted molar refractivity (Wildman–Crippen MR) is 111 cm³/mol. The summed E-state index contributed by atoms with van der Waals surface area (Å²) >= 11 is 0. The van der Waals surface area contributed by atoms with E-state index in [9.17, 15) is 4.79 Å². The number of aryl methyl sites for hydroxylation is 1. The van der Waals surface area contributed by atoms with Crippen LogP contribution in [0.3, 0.4) is 0 Å². The molecule has 1 unspecified atom stereocenters. The lowest BCUT2D eigenvalue weighted by Crippen LogP contribution is -2.27. The third-order valence-corrected chi connectivity index (χ3v) is 4.39. The molecule has 150 valence electrons. The third kappa shape index (κ3) is 7.08. The summed E-state index contributed by atoms with van der Waals surface area (Å²) in [6.07, 6.45) is 5.14. The zero-order valence-corrected chi connectivity index (χ0v) is 16.8. The summed E-state index contributed by atoms with van der Waals surface area (Å²) in [7, 11) is 3.28. The van der Waals surface area contributed by atoms with Crippen LogP contribution in [0.4, 0.5) is 0 Å². The summed E-state index contributed by atoms with van der Waals surface area (Å²) in [6.45, 7) is 2.78. The van der Waals surface area contributed by atoms with E-state index in [4.69, 9.17) is 14.2 Å². The molecule has 0 bridgehead atoms. The monoisotopic (exact) mass is 383 g/mol. The van der Waals surface area contributed by atoms with E-state index in [2.05, 4.69) is 17.4 Å². The fourth-order valence-electron chi connectivity index (χ4n) is 2.86. The van der Waals surface area contributed by atoms with Crippen molar-refractivity contribution >= 4 is 5.97 Å². The maximum Gasteiger partial charge on any atom is 0.330 e. The van der Waals surface area contributed by atoms with E-state index in [1.807, 2.05) is 42.5 Å². The Balaban J connectivity index is 2.04. The summed E-state index contributed by atoms with van der Waals surface area (Å²) < 4.78 is 15.7. The Labute approximate surface area is 167 Å². The molecule has 28 heavy (non-hydrogen) atoms. The minimum Gasteiger partial charge on any atom is -0.497 e. The Morgan fingerprint density at radius 3 is 2.57 bits per heavy atom. The Morgan fingerprint density at radius 1 is 1.11 bits per heavy atom. The summed E-state index contributed by atoms with van der Waals surface area (Å²) in [4.78, 5) is 11.7. The highest BCUT2D eigenvalue weighted by atomic mass is 16.5. The zero-order valence-electron chi connectivity index (χ0n) is 16.8. The van der Waals surface area contributed by atoms with Gasteiger partial charge < -0.3 is 19.5 Å². The number of benzene rings is 2. The molecule has 1 atom stereocenters. The number of carbonyl (C=O) groups is 1. The van der Waals surface area contributed by atoms with E-state index in [1.165, 1.54) is 11.6 Å². The fraction of sp³-hybridized carbons (Fsp3) is 0.348. The van der Waals surface area contributed by atoms with Crippen molar-refractivity contribution in [1.29, 1.82) is 0 Å². The molecule has 0 fully saturated rings. The van der Waals surface area contributed by atoms with Gasteiger partial charge in [0.15, 0.2) is 0 Å². The van der Waals surface area contributed by atoms with Crippen LogP contribution in [-0.4, -0.2) is 32.8 Å². The van der Waals surface area contributed by atoms with Crippen LogP contribution in [0.5, 0.6) is 11.5 Å². The largest absolute Gasteiger partial charge is 0.497 e. The van der Waals surface area contributed by atoms with Crippen LogP contribution in [0.25, 0.3) is 0 Å². The number of rotatable bonds is 11. The second-order valence-electron chi connectivity index (χ2n) is 6.30. The molecular weight excluding hydrogens is 354 g/mol. The maximum absolute atomic E-state index is 11.7. The molecule has 2 aromatic carbocycles. The predicted octanol–water partition coefficient (Wildman–Crippen LogP) is 3.91. The van der Waals surface area contributed by atoms with Gasteiger partial charge in [-0.3, -0.25) is 0 Å². The highest BCUT2D eigenvalue weighted by molar-refractivity contribution is 5.81. The second-order valence-corrected chi connectivity index (χ2v) is 6.30. The Morgan fingerprint density at radius 2 is 1.89 bits per heavy atom. The molecular formula is C23H29NO4. The molecule has 0 saturated heterocycles. The number of methoxy groups -OCH3 is 2. The lowest BCUT2D eigenvalue weighted by molar-refractivity contribution is -0.137. The molecule has 0 aliphatic rings. The highest BCUT2D eigenvalue weighted by Crippen LogP contribution is 2.24. The van der Waals surface area contributed by atoms with Gasteiger partial charge in [-0.2, -0.15) is 0 Å². The van der Waals surface area contributed by atoms with Gasteiger partial charge in [0.2, 0.25) is 0 Å². The molecule has 0 aromatic heterocycles. The van der Waals surface area contributed by atoms with Crippen LogP contribution in [0.15, 0.2) is 60.7 Å². The normalized spacial score (nSPS) is 12.0. The average molecular weight is 383 g/mol. The molecule has 0 spiro atoms. The first kappa shape index (κ1) is 21.5. The Bertz CT molecular complexity index is 758. The van der Waals surface area contributed by atoms with Crippen molar-refractivity contribution < 1.29 is 19.0 Å². The van der Waals surface area contributed by atoms with Crippen LogP contribution in [0.2, 0.25) is 0 Å². The Kier molecular flexibility index (Phi) is 9.08. The molecule has 0 radical (unpaired) electrons. The standard InChI is InChI=1S/C23H29NO4/c1-4-28-23(25)15-13-20(12-10-18-8-6-5-7-9-18)24-17-19-11-14-21(26-2)16-22(19)27-3/h5-9,11,13-16,20,24H,4,10,12,17H2,1-3H3/b15-13+. The van der Waals surface area contributed by atoms with Gasteiger partial charge in [0.25, 0.3) is 0 Å². The molecule has 0 heterocycles. The minimum atomic E-state index is -0.323. The van der Waals surface area contributed by atoms with Gasteiger partial charge in [0.1, 0.15) is 11.5 Å². The van der Waals surface area contributed by atoms with Gasteiger partial charge >= 0.3 is 5.97 Å². The second kappa shape index (κ2) is 11.8. The SMILES string of the molecule is CCOC(=O)/C=C/C(CCc1ccccc1)NCc1ccc(OC)cc1OC. The quantitative estimate of drug-likeness (QED) is 0.471. The molecule has 0 aliphatic carbocycles. The minimum absolute atomic E-state index is 0.0245. The summed E-state index contributed by atoms with van der Waals surface area (Å²) in [6, 6.07) is 16.1. The summed E-state index contributed by atoms with van der Waals surface area (Å²) in [5.41, 5.74) is 2.29. The van der Waals surface area contributed by atoms with Gasteiger partial charge in [0, 0.05) is 30.3 Å². The number of nitrogens with one attached hydrogen (secondary N) is 1. The van der Waals surface area contributed by atoms with Crippen molar-refractivity contribution in [3.8, 4) is 11.5 Å². The van der Waals surface area contributed by atoms with Gasteiger partial charge in [-0.05, 0) is 31.4 Å². The van der Waals surface area contributed by atoms with E-state index in [1.54, 1.807) is 21.1 Å². The van der Waals surface area contributed by atoms with Crippen molar-refractivity contribution in [3.63, 3.8) is 0 Å². The van der Waals surface area contributed by atoms with Crippen molar-refractivity contribution in [2.24, 2.45) is 0 Å². The van der Waals surface area contributed by atoms with Crippen LogP contribution in [0.1, 0.15) is 24.5 Å². The number of carbonyl (C=O) groups excluding carboxylic acids is 1. The first-order valence-electron chi connectivity index (χ1n) is 9.49. The van der Waals surface area contributed by atoms with E-state index < -0.39 is 0 Å². The highest BCUT2D eigenvalue weighted by Gasteiger charge is 2.10. The molecule has 5 nitrogen and oxygen atoms in total. The molecule has 1 N–H and O–H groups in total. The Hall–Kier alpha value is -2.79. The van der Waals surface area contributed by atoms with Crippen LogP contribution in [0, 0.1) is 0 Å². The van der Waals surface area contributed by atoms with Gasteiger partial charge in [-0.15, -0.1) is 0 Å². The topological polar surface area (TPSA) is 56.8 Å². The first-order valence-corrected chi connectivity index (χ1v) is 9.49. The number of esters is 1. The van der Waals surface area contributed by atoms with Crippen molar-refractivity contribution in [1.82, 2.24) is 5.32 Å². The molecule has 0 aliphatic heterocycles. The lowest BCUT2D eigenvalue weighted by atomic mass is 10.0. The van der Waals surface area contributed by atoms with Crippen LogP contribution >= 0.6 is 0 Å². The van der Waals surface area contributed by atoms with E-state index in [0.717, 1.165) is 29.9 Å².